The Morgan fingerprint density at radius 2 is 1.65 bits per heavy atom. The minimum Gasteiger partial charge on any atom is -0.462 e. The second-order valence-electron chi connectivity index (χ2n) is 19.9. The molecule has 2 heterocycles. The highest BCUT2D eigenvalue weighted by atomic mass is 16.6. The van der Waals surface area contributed by atoms with Crippen LogP contribution in [-0.4, -0.2) is 44.3 Å². The van der Waals surface area contributed by atoms with E-state index < -0.39 is 5.41 Å². The number of carbonyl (C=O) groups is 2. The van der Waals surface area contributed by atoms with Crippen LogP contribution in [-0.2, 0) is 14.3 Å². The molecule has 8 rings (SSSR count). The molecule has 1 aliphatic heterocycles. The first kappa shape index (κ1) is 37.4. The van der Waals surface area contributed by atoms with Gasteiger partial charge >= 0.3 is 5.97 Å². The maximum atomic E-state index is 15.4. The number of benzene rings is 1. The Morgan fingerprint density at radius 1 is 0.907 bits per heavy atom. The van der Waals surface area contributed by atoms with Crippen molar-refractivity contribution in [2.75, 3.05) is 6.54 Å². The van der Waals surface area contributed by atoms with E-state index in [4.69, 9.17) is 9.72 Å². The molecule has 6 fully saturated rings. The summed E-state index contributed by atoms with van der Waals surface area (Å²) in [5.74, 6) is 3.19. The van der Waals surface area contributed by atoms with Crippen LogP contribution in [0.1, 0.15) is 137 Å². The molecule has 9 nitrogen and oxygen atoms in total. The Labute approximate surface area is 321 Å². The normalized spacial score (nSPS) is 40.9. The molecule has 9 heteroatoms. The summed E-state index contributed by atoms with van der Waals surface area (Å²) in [7, 11) is 0. The number of allylic oxidation sites excluding steroid dienone is 1. The van der Waals surface area contributed by atoms with Crippen LogP contribution >= 0.6 is 0 Å². The van der Waals surface area contributed by atoms with Crippen LogP contribution in [0.25, 0.3) is 11.3 Å². The number of aromatic nitrogens is 2. The van der Waals surface area contributed by atoms with Crippen LogP contribution < -0.4 is 0 Å². The van der Waals surface area contributed by atoms with E-state index in [1.165, 1.54) is 30.5 Å². The minimum atomic E-state index is -0.390. The monoisotopic (exact) mass is 738 g/mol. The zero-order chi connectivity index (χ0) is 38.6. The molecule has 11 atom stereocenters. The van der Waals surface area contributed by atoms with Gasteiger partial charge in [0.25, 0.3) is 5.69 Å². The van der Waals surface area contributed by atoms with Gasteiger partial charge in [-0.3, -0.25) is 19.7 Å². The third-order valence-corrected chi connectivity index (χ3v) is 17.6. The predicted octanol–water partition coefficient (Wildman–Crippen LogP) is 10.2. The van der Waals surface area contributed by atoms with Crippen molar-refractivity contribution in [3.05, 3.63) is 58.6 Å². The van der Waals surface area contributed by atoms with Crippen molar-refractivity contribution >= 4 is 17.6 Å². The maximum absolute atomic E-state index is 15.4. The molecule has 1 aromatic heterocycles. The second-order valence-corrected chi connectivity index (χ2v) is 19.9. The van der Waals surface area contributed by atoms with Gasteiger partial charge in [0.1, 0.15) is 11.9 Å². The lowest BCUT2D eigenvalue weighted by molar-refractivity contribution is -0.384. The predicted molar refractivity (Wildman–Crippen MR) is 209 cm³/mol. The summed E-state index contributed by atoms with van der Waals surface area (Å²) in [6.45, 7) is 21.7. The highest BCUT2D eigenvalue weighted by Crippen LogP contribution is 2.78. The fourth-order valence-electron chi connectivity index (χ4n) is 14.9. The molecule has 292 valence electrons. The Morgan fingerprint density at radius 3 is 2.33 bits per heavy atom. The Kier molecular flexibility index (Phi) is 8.85. The van der Waals surface area contributed by atoms with Gasteiger partial charge in [-0.05, 0) is 142 Å². The maximum Gasteiger partial charge on any atom is 0.302 e. The van der Waals surface area contributed by atoms with E-state index >= 15 is 4.79 Å². The fourth-order valence-corrected chi connectivity index (χ4v) is 14.9. The zero-order valence-corrected chi connectivity index (χ0v) is 33.7. The summed E-state index contributed by atoms with van der Waals surface area (Å²) < 4.78 is 5.98. The van der Waals surface area contributed by atoms with Gasteiger partial charge in [0.15, 0.2) is 0 Å². The summed E-state index contributed by atoms with van der Waals surface area (Å²) in [5.41, 5.74) is 2.98. The van der Waals surface area contributed by atoms with Crippen molar-refractivity contribution in [1.82, 2.24) is 14.9 Å². The number of likely N-dealkylation sites (tertiary alicyclic amines) is 1. The van der Waals surface area contributed by atoms with Crippen molar-refractivity contribution in [3.8, 4) is 11.3 Å². The number of non-ortho nitro benzene ring substituents is 1. The van der Waals surface area contributed by atoms with Crippen LogP contribution in [0.5, 0.6) is 0 Å². The Hall–Kier alpha value is -3.49. The number of carbonyl (C=O) groups excluding carboxylic acids is 2. The number of esters is 1. The molecule has 0 unspecified atom stereocenters. The molecule has 54 heavy (non-hydrogen) atoms. The summed E-state index contributed by atoms with van der Waals surface area (Å²) >= 11 is 0. The van der Waals surface area contributed by atoms with Gasteiger partial charge in [-0.25, -0.2) is 4.98 Å². The third-order valence-electron chi connectivity index (χ3n) is 17.6. The van der Waals surface area contributed by atoms with Crippen molar-refractivity contribution in [2.24, 2.45) is 56.7 Å². The van der Waals surface area contributed by atoms with Crippen LogP contribution in [0.4, 0.5) is 5.69 Å². The molecule has 6 aliphatic rings. The lowest BCUT2D eigenvalue weighted by Gasteiger charge is -2.73. The molecule has 2 aromatic rings. The number of nitrogens with one attached hydrogen (secondary N) is 1. The van der Waals surface area contributed by atoms with Crippen LogP contribution in [0.2, 0.25) is 0 Å². The largest absolute Gasteiger partial charge is 0.462 e. The summed E-state index contributed by atoms with van der Waals surface area (Å²) in [5, 5.41) is 11.2. The molecule has 5 saturated carbocycles. The fraction of sp³-hybridized carbons (Fsp3) is 0.711. The molecule has 0 radical (unpaired) electrons. The van der Waals surface area contributed by atoms with E-state index in [0.29, 0.717) is 29.6 Å². The van der Waals surface area contributed by atoms with Gasteiger partial charge < -0.3 is 14.6 Å². The lowest BCUT2D eigenvalue weighted by Crippen LogP contribution is -2.67. The van der Waals surface area contributed by atoms with E-state index in [1.54, 1.807) is 25.3 Å². The molecular formula is C45H62N4O5. The molecule has 1 N–H and O–H groups in total. The Balaban J connectivity index is 1.09. The SMILES string of the molecule is C=C(C)[C@@H]1CC[C@]2(C(=O)N3CCC[C@H]3c3ncc(-c4ccc([N+](=O)[O-])cc4)[nH]3)CC[C@]3(C)[C@H](CC[C@@H]4[C@@]5(C)CC[C@H](OC(C)=O)C(C)(C)[C@@H]5CC[C@]43C)[C@@H]12. The summed E-state index contributed by atoms with van der Waals surface area (Å²) in [6, 6.07) is 6.44. The quantitative estimate of drug-likeness (QED) is 0.136. The van der Waals surface area contributed by atoms with Crippen molar-refractivity contribution in [3.63, 3.8) is 0 Å². The molecule has 0 bridgehead atoms. The summed E-state index contributed by atoms with van der Waals surface area (Å²) in [4.78, 5) is 48.9. The van der Waals surface area contributed by atoms with Crippen LogP contribution in [0.15, 0.2) is 42.6 Å². The molecule has 0 spiro atoms. The van der Waals surface area contributed by atoms with Gasteiger partial charge in [-0.15, -0.1) is 0 Å². The smallest absolute Gasteiger partial charge is 0.302 e. The number of aromatic amines is 1. The molecule has 1 saturated heterocycles. The number of ether oxygens (including phenoxy) is 1. The first-order chi connectivity index (χ1) is 25.5. The van der Waals surface area contributed by atoms with Crippen molar-refractivity contribution < 1.29 is 19.2 Å². The number of hydrogen-bond acceptors (Lipinski definition) is 6. The summed E-state index contributed by atoms with van der Waals surface area (Å²) in [6.07, 6.45) is 14.3. The molecule has 1 amide bonds. The van der Waals surface area contributed by atoms with Gasteiger partial charge in [0.2, 0.25) is 5.91 Å². The number of rotatable bonds is 6. The van der Waals surface area contributed by atoms with Gasteiger partial charge in [0, 0.05) is 36.6 Å². The zero-order valence-electron chi connectivity index (χ0n) is 33.7. The third kappa shape index (κ3) is 5.24. The van der Waals surface area contributed by atoms with Crippen LogP contribution in [0.3, 0.4) is 0 Å². The van der Waals surface area contributed by atoms with Crippen molar-refractivity contribution in [1.29, 1.82) is 0 Å². The number of H-pyrrole nitrogens is 1. The van der Waals surface area contributed by atoms with E-state index in [-0.39, 0.29) is 56.3 Å². The first-order valence-corrected chi connectivity index (χ1v) is 20.9. The number of nitro groups is 1. The highest BCUT2D eigenvalue weighted by Gasteiger charge is 2.72. The molecule has 5 aliphatic carbocycles. The number of nitrogens with zero attached hydrogens (tertiary/aromatic N) is 3. The van der Waals surface area contributed by atoms with Crippen molar-refractivity contribution in [2.45, 2.75) is 138 Å². The number of hydrogen-bond donors (Lipinski definition) is 1. The average molecular weight is 739 g/mol. The van der Waals surface area contributed by atoms with Gasteiger partial charge in [-0.1, -0.05) is 46.8 Å². The van der Waals surface area contributed by atoms with Gasteiger partial charge in [-0.2, -0.15) is 0 Å². The standard InChI is InChI=1S/C45H62N4O5/c1-27(2)31-17-22-45(40(51)48-25-9-10-34(48)39-46-26-33(47-39)29-11-13-30(14-12-29)49(52)53)24-23-43(7)32(38(31)45)15-16-36-42(6)20-19-37(54-28(3)50)41(4,5)35(42)18-21-44(36,43)8/h11-14,26,31-32,34-38H,1,9-10,15-25H2,2-8H3,(H,46,47)/t31-,32+,34-,35-,36+,37-,38+,42-,43+,44+,45-/m0/s1. The average Bonchev–Trinajstić information content (AvgIpc) is 3.89. The van der Waals surface area contributed by atoms with E-state index in [9.17, 15) is 14.9 Å². The Bertz CT molecular complexity index is 1850. The number of amides is 1. The lowest BCUT2D eigenvalue weighted by atomic mass is 9.32. The van der Waals surface area contributed by atoms with E-state index in [0.717, 1.165) is 87.8 Å². The number of imidazole rings is 1. The first-order valence-electron chi connectivity index (χ1n) is 20.9. The number of fused-ring (bicyclic) bond motifs is 7. The second kappa shape index (κ2) is 12.8. The minimum absolute atomic E-state index is 0.0232. The molecular weight excluding hydrogens is 677 g/mol. The molecule has 1 aromatic carbocycles. The van der Waals surface area contributed by atoms with Crippen LogP contribution in [0, 0.1) is 66.8 Å². The van der Waals surface area contributed by atoms with Gasteiger partial charge in [0.05, 0.1) is 28.3 Å². The topological polar surface area (TPSA) is 118 Å². The van der Waals surface area contributed by atoms with E-state index in [1.807, 2.05) is 0 Å². The number of nitro benzene ring substituents is 1. The van der Waals surface area contributed by atoms with E-state index in [2.05, 4.69) is 58.0 Å². The highest BCUT2D eigenvalue weighted by molar-refractivity contribution is 5.84.